The second-order valence-electron chi connectivity index (χ2n) is 7.38. The number of carbonyl (C=O) groups is 1. The topological polar surface area (TPSA) is 71.0 Å². The van der Waals surface area contributed by atoms with Gasteiger partial charge in [0.2, 0.25) is 0 Å². The molecule has 1 saturated heterocycles. The number of rotatable bonds is 5. The van der Waals surface area contributed by atoms with Crippen molar-refractivity contribution in [1.29, 1.82) is 0 Å². The van der Waals surface area contributed by atoms with Crippen LogP contribution in [0.1, 0.15) is 34.0 Å². The van der Waals surface area contributed by atoms with Gasteiger partial charge in [-0.05, 0) is 37.5 Å². The summed E-state index contributed by atoms with van der Waals surface area (Å²) in [7, 11) is 0. The average molecular weight is 465 g/mol. The largest absolute Gasteiger partial charge is 0.433 e. The number of amides is 1. The van der Waals surface area contributed by atoms with Crippen LogP contribution in [0, 0.1) is 12.7 Å². The predicted octanol–water partition coefficient (Wildman–Crippen LogP) is 4.78. The monoisotopic (exact) mass is 465 g/mol. The first-order chi connectivity index (χ1) is 15.2. The van der Waals surface area contributed by atoms with Gasteiger partial charge in [0.1, 0.15) is 29.4 Å². The Kier molecular flexibility index (Phi) is 6.09. The molecule has 0 radical (unpaired) electrons. The first-order valence-corrected chi connectivity index (χ1v) is 10.7. The van der Waals surface area contributed by atoms with Gasteiger partial charge in [-0.3, -0.25) is 4.79 Å². The number of alkyl halides is 3. The Morgan fingerprint density at radius 1 is 1.25 bits per heavy atom. The molecule has 4 rings (SSSR count). The summed E-state index contributed by atoms with van der Waals surface area (Å²) in [4.78, 5) is 27.2. The van der Waals surface area contributed by atoms with Gasteiger partial charge >= 0.3 is 6.18 Å². The number of nitrogens with one attached hydrogen (secondary N) is 1. The van der Waals surface area contributed by atoms with Crippen LogP contribution in [0.4, 0.5) is 23.4 Å². The van der Waals surface area contributed by atoms with E-state index < -0.39 is 11.9 Å². The maximum absolute atomic E-state index is 13.3. The van der Waals surface area contributed by atoms with Crippen molar-refractivity contribution in [3.05, 3.63) is 58.9 Å². The Bertz CT molecular complexity index is 1120. The lowest BCUT2D eigenvalue weighted by Gasteiger charge is -2.25. The molecule has 0 unspecified atom stereocenters. The number of halogens is 4. The van der Waals surface area contributed by atoms with Gasteiger partial charge in [-0.2, -0.15) is 13.2 Å². The highest BCUT2D eigenvalue weighted by Crippen LogP contribution is 2.33. The van der Waals surface area contributed by atoms with E-state index in [9.17, 15) is 22.4 Å². The molecule has 1 amide bonds. The van der Waals surface area contributed by atoms with E-state index in [2.05, 4.69) is 20.3 Å². The molecule has 1 N–H and O–H groups in total. The summed E-state index contributed by atoms with van der Waals surface area (Å²) in [6, 6.07) is 6.49. The van der Waals surface area contributed by atoms with Gasteiger partial charge in [-0.1, -0.05) is 12.1 Å². The van der Waals surface area contributed by atoms with Crippen LogP contribution in [0.25, 0.3) is 10.4 Å². The first kappa shape index (κ1) is 22.1. The van der Waals surface area contributed by atoms with E-state index in [-0.39, 0.29) is 30.1 Å². The van der Waals surface area contributed by atoms with E-state index in [1.807, 2.05) is 0 Å². The summed E-state index contributed by atoms with van der Waals surface area (Å²) in [5.74, 6) is -0.577. The normalized spacial score (nSPS) is 16.4. The van der Waals surface area contributed by atoms with Crippen molar-refractivity contribution in [2.45, 2.75) is 32.0 Å². The molecule has 3 aromatic rings. The van der Waals surface area contributed by atoms with Crippen LogP contribution >= 0.6 is 11.3 Å². The van der Waals surface area contributed by atoms with Crippen LogP contribution in [0.2, 0.25) is 0 Å². The highest BCUT2D eigenvalue weighted by atomic mass is 32.1. The van der Waals surface area contributed by atoms with Crippen molar-refractivity contribution in [2.75, 3.05) is 18.4 Å². The zero-order chi connectivity index (χ0) is 22.9. The van der Waals surface area contributed by atoms with Crippen LogP contribution in [-0.2, 0) is 6.18 Å². The van der Waals surface area contributed by atoms with E-state index in [0.717, 1.165) is 18.8 Å². The molecule has 2 aromatic heterocycles. The molecule has 168 valence electrons. The average Bonchev–Trinajstić information content (AvgIpc) is 3.38. The lowest BCUT2D eigenvalue weighted by Crippen LogP contribution is -2.40. The van der Waals surface area contributed by atoms with Crippen molar-refractivity contribution in [2.24, 2.45) is 0 Å². The van der Waals surface area contributed by atoms with E-state index in [4.69, 9.17) is 0 Å². The number of nitrogens with zero attached hydrogens (tertiary/aromatic N) is 4. The van der Waals surface area contributed by atoms with Crippen LogP contribution < -0.4 is 5.32 Å². The third-order valence-electron chi connectivity index (χ3n) is 5.16. The number of anilines is 1. The van der Waals surface area contributed by atoms with E-state index in [0.29, 0.717) is 34.1 Å². The predicted molar refractivity (Wildman–Crippen MR) is 112 cm³/mol. The molecule has 32 heavy (non-hydrogen) atoms. The molecule has 1 atom stereocenters. The minimum absolute atomic E-state index is 0.0446. The fraction of sp³-hybridized carbons (Fsp3) is 0.333. The van der Waals surface area contributed by atoms with Crippen molar-refractivity contribution >= 4 is 23.1 Å². The lowest BCUT2D eigenvalue weighted by atomic mass is 10.1. The molecule has 0 aliphatic carbocycles. The quantitative estimate of drug-likeness (QED) is 0.549. The van der Waals surface area contributed by atoms with Crippen LogP contribution in [0.5, 0.6) is 0 Å². The van der Waals surface area contributed by atoms with Gasteiger partial charge in [0.15, 0.2) is 0 Å². The summed E-state index contributed by atoms with van der Waals surface area (Å²) in [6.45, 7) is 2.56. The number of carbonyl (C=O) groups excluding carboxylic acids is 1. The van der Waals surface area contributed by atoms with Crippen molar-refractivity contribution < 1.29 is 22.4 Å². The maximum atomic E-state index is 13.3. The molecule has 1 aliphatic heterocycles. The highest BCUT2D eigenvalue weighted by molar-refractivity contribution is 7.15. The number of aryl methyl sites for hydroxylation is 1. The SMILES string of the molecule is Cc1nc(C(=O)N2CCC[C@H]2CNc2cc(C(F)(F)F)ncn2)c(-c2ccc(F)cc2)s1. The minimum Gasteiger partial charge on any atom is -0.368 e. The number of thiazole rings is 1. The molecule has 11 heteroatoms. The Labute approximate surface area is 185 Å². The van der Waals surface area contributed by atoms with Gasteiger partial charge in [0, 0.05) is 25.2 Å². The number of hydrogen-bond donors (Lipinski definition) is 1. The molecule has 0 saturated carbocycles. The van der Waals surface area contributed by atoms with E-state index >= 15 is 0 Å². The highest BCUT2D eigenvalue weighted by Gasteiger charge is 2.34. The van der Waals surface area contributed by atoms with E-state index in [1.54, 1.807) is 24.0 Å². The molecule has 6 nitrogen and oxygen atoms in total. The third kappa shape index (κ3) is 4.72. The number of benzene rings is 1. The summed E-state index contributed by atoms with van der Waals surface area (Å²) >= 11 is 1.36. The molecule has 1 aliphatic rings. The molecule has 1 fully saturated rings. The number of aromatic nitrogens is 3. The van der Waals surface area contributed by atoms with Gasteiger partial charge < -0.3 is 10.2 Å². The summed E-state index contributed by atoms with van der Waals surface area (Å²) in [5, 5.41) is 3.60. The van der Waals surface area contributed by atoms with Crippen LogP contribution in [0.3, 0.4) is 0 Å². The third-order valence-corrected chi connectivity index (χ3v) is 6.18. The molecular formula is C21H19F4N5OS. The zero-order valence-electron chi connectivity index (χ0n) is 17.0. The van der Waals surface area contributed by atoms with Crippen molar-refractivity contribution in [3.8, 4) is 10.4 Å². The first-order valence-electron chi connectivity index (χ1n) is 9.90. The molecule has 0 spiro atoms. The van der Waals surface area contributed by atoms with Crippen molar-refractivity contribution in [3.63, 3.8) is 0 Å². The van der Waals surface area contributed by atoms with Gasteiger partial charge in [-0.15, -0.1) is 11.3 Å². The molecular weight excluding hydrogens is 446 g/mol. The summed E-state index contributed by atoms with van der Waals surface area (Å²) < 4.78 is 51.9. The second-order valence-corrected chi connectivity index (χ2v) is 8.58. The van der Waals surface area contributed by atoms with Crippen LogP contribution in [0.15, 0.2) is 36.7 Å². The lowest BCUT2D eigenvalue weighted by molar-refractivity contribution is -0.141. The second kappa shape index (κ2) is 8.81. The fourth-order valence-electron chi connectivity index (χ4n) is 3.65. The Morgan fingerprint density at radius 3 is 2.72 bits per heavy atom. The smallest absolute Gasteiger partial charge is 0.368 e. The van der Waals surface area contributed by atoms with Crippen LogP contribution in [-0.4, -0.2) is 44.9 Å². The summed E-state index contributed by atoms with van der Waals surface area (Å²) in [5.41, 5.74) is -0.0291. The Balaban J connectivity index is 1.51. The summed E-state index contributed by atoms with van der Waals surface area (Å²) in [6.07, 6.45) is -2.24. The zero-order valence-corrected chi connectivity index (χ0v) is 17.8. The Hall–Kier alpha value is -3.08. The Morgan fingerprint density at radius 2 is 2.00 bits per heavy atom. The van der Waals surface area contributed by atoms with Gasteiger partial charge in [0.25, 0.3) is 5.91 Å². The molecule has 1 aromatic carbocycles. The number of likely N-dealkylation sites (tertiary alicyclic amines) is 1. The van der Waals surface area contributed by atoms with Crippen molar-refractivity contribution in [1.82, 2.24) is 19.9 Å². The number of hydrogen-bond acceptors (Lipinski definition) is 6. The minimum atomic E-state index is -4.56. The van der Waals surface area contributed by atoms with E-state index in [1.165, 1.54) is 23.5 Å². The van der Waals surface area contributed by atoms with Gasteiger partial charge in [0.05, 0.1) is 9.88 Å². The molecule has 3 heterocycles. The fourth-order valence-corrected chi connectivity index (χ4v) is 4.57. The van der Waals surface area contributed by atoms with Gasteiger partial charge in [-0.25, -0.2) is 19.3 Å². The maximum Gasteiger partial charge on any atom is 0.433 e. The molecule has 0 bridgehead atoms. The standard InChI is InChI=1S/C21H19F4N5OS/c1-12-29-18(19(32-12)13-4-6-14(22)7-5-13)20(31)30-8-2-3-15(30)10-26-17-9-16(21(23,24)25)27-11-28-17/h4-7,9,11,15H,2-3,8,10H2,1H3,(H,26,27,28)/t15-/m0/s1.